The zero-order chi connectivity index (χ0) is 14.4. The van der Waals surface area contributed by atoms with Crippen molar-refractivity contribution in [1.82, 2.24) is 4.98 Å². The number of nitrogens with zero attached hydrogens (tertiary/aromatic N) is 3. The molecule has 0 fully saturated rings. The van der Waals surface area contributed by atoms with Gasteiger partial charge in [-0.25, -0.2) is 4.98 Å². The monoisotopic (exact) mass is 266 g/mol. The average molecular weight is 266 g/mol. The third kappa shape index (κ3) is 3.81. The Bertz CT molecular complexity index is 437. The molecule has 1 rings (SSSR count). The Morgan fingerprint density at radius 2 is 2.16 bits per heavy atom. The van der Waals surface area contributed by atoms with E-state index in [0.717, 1.165) is 25.8 Å². The van der Waals surface area contributed by atoms with Gasteiger partial charge in [0.05, 0.1) is 4.92 Å². The van der Waals surface area contributed by atoms with Crippen LogP contribution in [0, 0.1) is 10.1 Å². The summed E-state index contributed by atoms with van der Waals surface area (Å²) < 4.78 is 0. The van der Waals surface area contributed by atoms with Crippen molar-refractivity contribution in [2.24, 2.45) is 0 Å². The van der Waals surface area contributed by atoms with E-state index in [-0.39, 0.29) is 11.5 Å². The highest BCUT2D eigenvalue weighted by atomic mass is 16.6. The second-order valence-electron chi connectivity index (χ2n) is 4.64. The van der Waals surface area contributed by atoms with Crippen LogP contribution in [0.15, 0.2) is 12.1 Å². The quantitative estimate of drug-likeness (QED) is 0.605. The summed E-state index contributed by atoms with van der Waals surface area (Å²) in [5, 5.41) is 10.7. The van der Waals surface area contributed by atoms with Gasteiger partial charge in [-0.2, -0.15) is 0 Å². The molecule has 1 unspecified atom stereocenters. The first-order valence-electron chi connectivity index (χ1n) is 6.68. The van der Waals surface area contributed by atoms with Crippen molar-refractivity contribution >= 4 is 17.3 Å². The van der Waals surface area contributed by atoms with Crippen molar-refractivity contribution in [3.05, 3.63) is 22.2 Å². The zero-order valence-electron chi connectivity index (χ0n) is 11.8. The van der Waals surface area contributed by atoms with Gasteiger partial charge in [0.1, 0.15) is 5.82 Å². The highest BCUT2D eigenvalue weighted by Crippen LogP contribution is 2.24. The van der Waals surface area contributed by atoms with Gasteiger partial charge in [-0.15, -0.1) is 0 Å². The average Bonchev–Trinajstić information content (AvgIpc) is 2.38. The van der Waals surface area contributed by atoms with E-state index in [0.29, 0.717) is 11.9 Å². The van der Waals surface area contributed by atoms with Gasteiger partial charge >= 0.3 is 5.69 Å². The number of anilines is 2. The van der Waals surface area contributed by atoms with Gasteiger partial charge in [0.15, 0.2) is 0 Å². The van der Waals surface area contributed by atoms with Crippen LogP contribution in [-0.2, 0) is 0 Å². The van der Waals surface area contributed by atoms with E-state index < -0.39 is 4.92 Å². The van der Waals surface area contributed by atoms with Crippen LogP contribution in [0.1, 0.15) is 40.0 Å². The molecule has 6 nitrogen and oxygen atoms in total. The second kappa shape index (κ2) is 6.92. The molecule has 0 saturated heterocycles. The van der Waals surface area contributed by atoms with Gasteiger partial charge in [-0.3, -0.25) is 10.1 Å². The van der Waals surface area contributed by atoms with E-state index in [2.05, 4.69) is 30.7 Å². The minimum absolute atomic E-state index is 0.0210. The van der Waals surface area contributed by atoms with Crippen molar-refractivity contribution in [3.63, 3.8) is 0 Å². The second-order valence-corrected chi connectivity index (χ2v) is 4.64. The van der Waals surface area contributed by atoms with Gasteiger partial charge in [-0.05, 0) is 25.8 Å². The van der Waals surface area contributed by atoms with E-state index in [1.54, 1.807) is 6.07 Å². The maximum atomic E-state index is 10.7. The molecule has 1 aromatic heterocycles. The summed E-state index contributed by atoms with van der Waals surface area (Å²) in [5.74, 6) is 0.693. The summed E-state index contributed by atoms with van der Waals surface area (Å²) in [6, 6.07) is 3.44. The Hall–Kier alpha value is -1.85. The molecule has 0 aliphatic carbocycles. The lowest BCUT2D eigenvalue weighted by Gasteiger charge is -2.29. The van der Waals surface area contributed by atoms with E-state index in [4.69, 9.17) is 5.73 Å². The molecular weight excluding hydrogens is 244 g/mol. The highest BCUT2D eigenvalue weighted by Gasteiger charge is 2.18. The molecule has 106 valence electrons. The molecule has 19 heavy (non-hydrogen) atoms. The fourth-order valence-electron chi connectivity index (χ4n) is 1.88. The number of nitrogen functional groups attached to an aromatic ring is 1. The fourth-order valence-corrected chi connectivity index (χ4v) is 1.88. The van der Waals surface area contributed by atoms with Crippen LogP contribution in [0.2, 0.25) is 0 Å². The van der Waals surface area contributed by atoms with Crippen LogP contribution in [0.25, 0.3) is 0 Å². The molecule has 0 amide bonds. The highest BCUT2D eigenvalue weighted by molar-refractivity contribution is 5.58. The minimum Gasteiger partial charge on any atom is -0.378 e. The molecule has 0 bridgehead atoms. The van der Waals surface area contributed by atoms with Gasteiger partial charge in [-0.1, -0.05) is 20.3 Å². The Labute approximate surface area is 113 Å². The van der Waals surface area contributed by atoms with Crippen molar-refractivity contribution in [2.75, 3.05) is 17.2 Å². The normalized spacial score (nSPS) is 12.2. The number of aromatic nitrogens is 1. The molecule has 1 atom stereocenters. The summed E-state index contributed by atoms with van der Waals surface area (Å²) in [6.07, 6.45) is 3.14. The summed E-state index contributed by atoms with van der Waals surface area (Å²) >= 11 is 0. The molecule has 0 saturated carbocycles. The van der Waals surface area contributed by atoms with E-state index >= 15 is 0 Å². The molecular formula is C13H22N4O2. The van der Waals surface area contributed by atoms with Crippen LogP contribution < -0.4 is 10.6 Å². The first-order valence-corrected chi connectivity index (χ1v) is 6.68. The fraction of sp³-hybridized carbons (Fsp3) is 0.615. The number of nitro groups is 1. The van der Waals surface area contributed by atoms with Crippen molar-refractivity contribution in [1.29, 1.82) is 0 Å². The van der Waals surface area contributed by atoms with E-state index in [1.807, 2.05) is 0 Å². The molecule has 0 spiro atoms. The number of nitrogens with two attached hydrogens (primary N) is 1. The van der Waals surface area contributed by atoms with Gasteiger partial charge < -0.3 is 10.6 Å². The van der Waals surface area contributed by atoms with Crippen molar-refractivity contribution < 1.29 is 4.92 Å². The smallest absolute Gasteiger partial charge is 0.311 e. The Balaban J connectivity index is 3.02. The van der Waals surface area contributed by atoms with Crippen LogP contribution in [0.4, 0.5) is 17.3 Å². The molecule has 0 aliphatic rings. The SMILES string of the molecule is CCCCN(c1ccc([N+](=O)[O-])c(N)n1)C(C)CC. The molecule has 0 radical (unpaired) electrons. The van der Waals surface area contributed by atoms with E-state index in [1.165, 1.54) is 6.07 Å². The topological polar surface area (TPSA) is 85.3 Å². The largest absolute Gasteiger partial charge is 0.378 e. The predicted molar refractivity (Wildman–Crippen MR) is 77.3 cm³/mol. The minimum atomic E-state index is -0.508. The van der Waals surface area contributed by atoms with Gasteiger partial charge in [0.25, 0.3) is 0 Å². The Kier molecular flexibility index (Phi) is 5.54. The lowest BCUT2D eigenvalue weighted by Crippen LogP contribution is -2.34. The summed E-state index contributed by atoms with van der Waals surface area (Å²) in [4.78, 5) is 16.6. The Morgan fingerprint density at radius 3 is 2.63 bits per heavy atom. The third-order valence-corrected chi connectivity index (χ3v) is 3.25. The molecule has 2 N–H and O–H groups in total. The van der Waals surface area contributed by atoms with Crippen LogP contribution in [0.5, 0.6) is 0 Å². The molecule has 1 aromatic rings. The van der Waals surface area contributed by atoms with Crippen LogP contribution in [-0.4, -0.2) is 22.5 Å². The number of rotatable bonds is 7. The van der Waals surface area contributed by atoms with Crippen molar-refractivity contribution in [2.45, 2.75) is 46.1 Å². The lowest BCUT2D eigenvalue weighted by molar-refractivity contribution is -0.384. The zero-order valence-corrected chi connectivity index (χ0v) is 11.8. The number of hydrogen-bond acceptors (Lipinski definition) is 5. The maximum Gasteiger partial charge on any atom is 0.311 e. The number of hydrogen-bond donors (Lipinski definition) is 1. The van der Waals surface area contributed by atoms with Crippen LogP contribution in [0.3, 0.4) is 0 Å². The number of pyridine rings is 1. The number of unbranched alkanes of at least 4 members (excludes halogenated alkanes) is 1. The van der Waals surface area contributed by atoms with E-state index in [9.17, 15) is 10.1 Å². The van der Waals surface area contributed by atoms with Gasteiger partial charge in [0.2, 0.25) is 5.82 Å². The maximum absolute atomic E-state index is 10.7. The van der Waals surface area contributed by atoms with Gasteiger partial charge in [0, 0.05) is 18.7 Å². The summed E-state index contributed by atoms with van der Waals surface area (Å²) in [5.41, 5.74) is 5.52. The summed E-state index contributed by atoms with van der Waals surface area (Å²) in [7, 11) is 0. The first kappa shape index (κ1) is 15.2. The summed E-state index contributed by atoms with van der Waals surface area (Å²) in [6.45, 7) is 7.25. The standard InChI is InChI=1S/C13H22N4O2/c1-4-6-9-16(10(3)5-2)12-8-7-11(17(18)19)13(14)15-12/h7-8,10H,4-6,9H2,1-3H3,(H2,14,15). The molecule has 6 heteroatoms. The first-order chi connectivity index (χ1) is 9.01. The third-order valence-electron chi connectivity index (χ3n) is 3.25. The molecule has 0 aliphatic heterocycles. The molecule has 0 aromatic carbocycles. The van der Waals surface area contributed by atoms with Crippen molar-refractivity contribution in [3.8, 4) is 0 Å². The lowest BCUT2D eigenvalue weighted by atomic mass is 10.2. The predicted octanol–water partition coefficient (Wildman–Crippen LogP) is 2.98. The Morgan fingerprint density at radius 1 is 1.47 bits per heavy atom. The van der Waals surface area contributed by atoms with Crippen LogP contribution >= 0.6 is 0 Å². The molecule has 1 heterocycles.